The molecule has 0 bridgehead atoms. The Hall–Kier alpha value is -2.69. The summed E-state index contributed by atoms with van der Waals surface area (Å²) in [5.41, 5.74) is 1.62. The number of nitro benzene ring substituents is 1. The Kier molecular flexibility index (Phi) is 6.95. The summed E-state index contributed by atoms with van der Waals surface area (Å²) < 4.78 is 5.84. The maximum atomic E-state index is 10.7. The Morgan fingerprint density at radius 1 is 1.08 bits per heavy atom. The largest absolute Gasteiger partial charge is 0.493 e. The lowest BCUT2D eigenvalue weighted by Crippen LogP contribution is -1.99. The van der Waals surface area contributed by atoms with E-state index in [-0.39, 0.29) is 5.69 Å². The zero-order chi connectivity index (χ0) is 17.2. The van der Waals surface area contributed by atoms with Gasteiger partial charge in [0.15, 0.2) is 0 Å². The molecule has 0 fully saturated rings. The number of nitrogens with zero attached hydrogens (tertiary/aromatic N) is 2. The molecule has 2 aromatic carbocycles. The number of ether oxygens (including phenoxy) is 1. The summed E-state index contributed by atoms with van der Waals surface area (Å²) in [7, 11) is 0. The molecule has 5 nitrogen and oxygen atoms in total. The second-order valence-electron chi connectivity index (χ2n) is 5.48. The summed E-state index contributed by atoms with van der Waals surface area (Å²) in [6, 6.07) is 13.9. The first-order valence-electron chi connectivity index (χ1n) is 8.21. The highest BCUT2D eigenvalue weighted by Crippen LogP contribution is 2.20. The van der Waals surface area contributed by atoms with Crippen molar-refractivity contribution in [2.45, 2.75) is 32.6 Å². The maximum Gasteiger partial charge on any atom is 0.269 e. The molecule has 0 saturated heterocycles. The van der Waals surface area contributed by atoms with Crippen molar-refractivity contribution in [1.29, 1.82) is 0 Å². The molecule has 0 aliphatic carbocycles. The van der Waals surface area contributed by atoms with E-state index < -0.39 is 4.92 Å². The standard InChI is InChI=1S/C19H22N2O3/c1-2-3-4-7-14-24-19-9-6-5-8-16(19)15-20-17-10-12-18(13-11-17)21(22)23/h5-6,8-13,15H,2-4,7,14H2,1H3. The molecule has 0 aliphatic rings. The number of unbranched alkanes of at least 4 members (excludes halogenated alkanes) is 3. The number of nitro groups is 1. The lowest BCUT2D eigenvalue weighted by Gasteiger charge is -2.08. The van der Waals surface area contributed by atoms with E-state index in [1.54, 1.807) is 18.3 Å². The van der Waals surface area contributed by atoms with Crippen LogP contribution in [0, 0.1) is 10.1 Å². The molecule has 0 spiro atoms. The van der Waals surface area contributed by atoms with Crippen LogP contribution in [-0.2, 0) is 0 Å². The molecule has 0 N–H and O–H groups in total. The third kappa shape index (κ3) is 5.50. The van der Waals surface area contributed by atoms with Gasteiger partial charge < -0.3 is 4.74 Å². The molecule has 5 heteroatoms. The Balaban J connectivity index is 1.99. The minimum absolute atomic E-state index is 0.0600. The Bertz CT molecular complexity index is 681. The van der Waals surface area contributed by atoms with Crippen LogP contribution in [0.3, 0.4) is 0 Å². The molecule has 2 aromatic rings. The number of rotatable bonds is 9. The average molecular weight is 326 g/mol. The highest BCUT2D eigenvalue weighted by atomic mass is 16.6. The third-order valence-electron chi connectivity index (χ3n) is 3.59. The van der Waals surface area contributed by atoms with Crippen LogP contribution in [-0.4, -0.2) is 17.7 Å². The van der Waals surface area contributed by atoms with Gasteiger partial charge in [-0.3, -0.25) is 15.1 Å². The van der Waals surface area contributed by atoms with Gasteiger partial charge >= 0.3 is 0 Å². The molecule has 0 atom stereocenters. The molecule has 0 heterocycles. The summed E-state index contributed by atoms with van der Waals surface area (Å²) >= 11 is 0. The van der Waals surface area contributed by atoms with Crippen LogP contribution in [0.4, 0.5) is 11.4 Å². The van der Waals surface area contributed by atoms with Crippen molar-refractivity contribution in [3.05, 3.63) is 64.2 Å². The van der Waals surface area contributed by atoms with E-state index in [2.05, 4.69) is 11.9 Å². The minimum Gasteiger partial charge on any atom is -0.493 e. The maximum absolute atomic E-state index is 10.7. The third-order valence-corrected chi connectivity index (χ3v) is 3.59. The first-order valence-corrected chi connectivity index (χ1v) is 8.21. The molecule has 2 rings (SSSR count). The fraction of sp³-hybridized carbons (Fsp3) is 0.316. The minimum atomic E-state index is -0.421. The van der Waals surface area contributed by atoms with Crippen molar-refractivity contribution < 1.29 is 9.66 Å². The second kappa shape index (κ2) is 9.45. The SMILES string of the molecule is CCCCCCOc1ccccc1C=Nc1ccc([N+](=O)[O-])cc1. The summed E-state index contributed by atoms with van der Waals surface area (Å²) in [5, 5.41) is 10.7. The van der Waals surface area contributed by atoms with E-state index in [0.717, 1.165) is 17.7 Å². The van der Waals surface area contributed by atoms with Gasteiger partial charge in [-0.2, -0.15) is 0 Å². The number of para-hydroxylation sites is 1. The van der Waals surface area contributed by atoms with Crippen LogP contribution < -0.4 is 4.74 Å². The van der Waals surface area contributed by atoms with Gasteiger partial charge in [0.05, 0.1) is 17.2 Å². The molecular formula is C19H22N2O3. The van der Waals surface area contributed by atoms with Crippen molar-refractivity contribution in [2.75, 3.05) is 6.61 Å². The first kappa shape index (κ1) is 17.7. The van der Waals surface area contributed by atoms with Gasteiger partial charge in [0.25, 0.3) is 5.69 Å². The normalized spacial score (nSPS) is 10.9. The van der Waals surface area contributed by atoms with Crippen LogP contribution in [0.5, 0.6) is 5.75 Å². The van der Waals surface area contributed by atoms with Gasteiger partial charge in [-0.05, 0) is 30.7 Å². The van der Waals surface area contributed by atoms with Crippen LogP contribution >= 0.6 is 0 Å². The number of hydrogen-bond acceptors (Lipinski definition) is 4. The van der Waals surface area contributed by atoms with E-state index in [0.29, 0.717) is 12.3 Å². The number of non-ortho nitro benzene ring substituents is 1. The van der Waals surface area contributed by atoms with Gasteiger partial charge in [-0.25, -0.2) is 0 Å². The molecule has 0 aromatic heterocycles. The Morgan fingerprint density at radius 3 is 2.54 bits per heavy atom. The van der Waals surface area contributed by atoms with Gasteiger partial charge in [0, 0.05) is 23.9 Å². The van der Waals surface area contributed by atoms with Crippen molar-refractivity contribution in [2.24, 2.45) is 4.99 Å². The molecule has 0 aliphatic heterocycles. The fourth-order valence-electron chi connectivity index (χ4n) is 2.23. The van der Waals surface area contributed by atoms with Crippen molar-refractivity contribution in [1.82, 2.24) is 0 Å². The van der Waals surface area contributed by atoms with Crippen molar-refractivity contribution in [3.63, 3.8) is 0 Å². The molecule has 0 saturated carbocycles. The Labute approximate surface area is 142 Å². The average Bonchev–Trinajstić information content (AvgIpc) is 2.61. The zero-order valence-electron chi connectivity index (χ0n) is 13.9. The zero-order valence-corrected chi connectivity index (χ0v) is 13.9. The van der Waals surface area contributed by atoms with E-state index in [9.17, 15) is 10.1 Å². The quantitative estimate of drug-likeness (QED) is 0.272. The van der Waals surface area contributed by atoms with Crippen LogP contribution in [0.2, 0.25) is 0 Å². The van der Waals surface area contributed by atoms with Gasteiger partial charge in [-0.15, -0.1) is 0 Å². The fourth-order valence-corrected chi connectivity index (χ4v) is 2.23. The Morgan fingerprint density at radius 2 is 1.83 bits per heavy atom. The second-order valence-corrected chi connectivity index (χ2v) is 5.48. The monoisotopic (exact) mass is 326 g/mol. The predicted octanol–water partition coefficient (Wildman–Crippen LogP) is 5.30. The highest BCUT2D eigenvalue weighted by molar-refractivity contribution is 5.85. The number of hydrogen-bond donors (Lipinski definition) is 0. The predicted molar refractivity (Wildman–Crippen MR) is 96.4 cm³/mol. The van der Waals surface area contributed by atoms with E-state index in [1.807, 2.05) is 24.3 Å². The molecule has 0 unspecified atom stereocenters. The smallest absolute Gasteiger partial charge is 0.269 e. The molecule has 24 heavy (non-hydrogen) atoms. The number of aliphatic imine (C=N–C) groups is 1. The van der Waals surface area contributed by atoms with Crippen LogP contribution in [0.25, 0.3) is 0 Å². The molecule has 0 radical (unpaired) electrons. The molecular weight excluding hydrogens is 304 g/mol. The van der Waals surface area contributed by atoms with Crippen molar-refractivity contribution >= 4 is 17.6 Å². The van der Waals surface area contributed by atoms with Crippen LogP contribution in [0.15, 0.2) is 53.5 Å². The lowest BCUT2D eigenvalue weighted by atomic mass is 10.2. The summed E-state index contributed by atoms with van der Waals surface area (Å²) in [4.78, 5) is 14.6. The topological polar surface area (TPSA) is 64.7 Å². The van der Waals surface area contributed by atoms with E-state index in [1.165, 1.54) is 31.4 Å². The lowest BCUT2D eigenvalue weighted by molar-refractivity contribution is -0.384. The first-order chi connectivity index (χ1) is 11.7. The van der Waals surface area contributed by atoms with Gasteiger partial charge in [0.1, 0.15) is 5.75 Å². The summed E-state index contributed by atoms with van der Waals surface area (Å²) in [6.07, 6.45) is 6.38. The van der Waals surface area contributed by atoms with E-state index >= 15 is 0 Å². The molecule has 126 valence electrons. The van der Waals surface area contributed by atoms with Gasteiger partial charge in [-0.1, -0.05) is 38.3 Å². The van der Waals surface area contributed by atoms with Crippen molar-refractivity contribution in [3.8, 4) is 5.75 Å². The summed E-state index contributed by atoms with van der Waals surface area (Å²) in [6.45, 7) is 2.88. The molecule has 0 amide bonds. The van der Waals surface area contributed by atoms with Crippen LogP contribution in [0.1, 0.15) is 38.2 Å². The van der Waals surface area contributed by atoms with Gasteiger partial charge in [0.2, 0.25) is 0 Å². The van der Waals surface area contributed by atoms with E-state index in [4.69, 9.17) is 4.74 Å². The highest BCUT2D eigenvalue weighted by Gasteiger charge is 2.04. The summed E-state index contributed by atoms with van der Waals surface area (Å²) in [5.74, 6) is 0.805. The number of benzene rings is 2.